The average molecular weight is 396 g/mol. The summed E-state index contributed by atoms with van der Waals surface area (Å²) in [5.41, 5.74) is 2.43. The van der Waals surface area contributed by atoms with E-state index >= 15 is 0 Å². The first-order chi connectivity index (χ1) is 13.2. The highest BCUT2D eigenvalue weighted by molar-refractivity contribution is 8.00. The van der Waals surface area contributed by atoms with E-state index in [9.17, 15) is 4.79 Å². The van der Waals surface area contributed by atoms with Gasteiger partial charge in [-0.15, -0.1) is 11.3 Å². The van der Waals surface area contributed by atoms with Crippen LogP contribution in [0.15, 0.2) is 35.4 Å². The summed E-state index contributed by atoms with van der Waals surface area (Å²) in [6, 6.07) is 10.4. The van der Waals surface area contributed by atoms with Gasteiger partial charge in [0.15, 0.2) is 0 Å². The van der Waals surface area contributed by atoms with Gasteiger partial charge < -0.3 is 5.32 Å². The maximum absolute atomic E-state index is 13.0. The van der Waals surface area contributed by atoms with Crippen LogP contribution in [0.5, 0.6) is 0 Å². The number of aryl methyl sites for hydroxylation is 3. The topological polar surface area (TPSA) is 54.9 Å². The molecule has 2 aromatic heterocycles. The van der Waals surface area contributed by atoms with Gasteiger partial charge in [-0.2, -0.15) is 0 Å². The quantitative estimate of drug-likeness (QED) is 0.507. The van der Waals surface area contributed by atoms with E-state index in [0.717, 1.165) is 46.9 Å². The van der Waals surface area contributed by atoms with Crippen molar-refractivity contribution in [3.8, 4) is 0 Å². The zero-order valence-electron chi connectivity index (χ0n) is 15.2. The molecule has 3 aromatic rings. The number of benzene rings is 1. The average Bonchev–Trinajstić information content (AvgIpc) is 3.23. The van der Waals surface area contributed by atoms with E-state index < -0.39 is 0 Å². The molecule has 2 aliphatic carbocycles. The third-order valence-corrected chi connectivity index (χ3v) is 7.56. The van der Waals surface area contributed by atoms with Crippen molar-refractivity contribution in [1.29, 1.82) is 0 Å². The minimum absolute atomic E-state index is 0.0880. The van der Waals surface area contributed by atoms with Gasteiger partial charge in [0.1, 0.15) is 20.9 Å². The number of amides is 1. The Morgan fingerprint density at radius 1 is 1.22 bits per heavy atom. The third-order valence-electron chi connectivity index (χ3n) is 5.14. The maximum atomic E-state index is 13.0. The Kier molecular flexibility index (Phi) is 4.40. The Hall–Kier alpha value is -1.92. The predicted molar refractivity (Wildman–Crippen MR) is 110 cm³/mol. The number of hydrogen-bond donors (Lipinski definition) is 1. The number of fused-ring (bicyclic) bond motifs is 3. The highest BCUT2D eigenvalue weighted by Crippen LogP contribution is 2.44. The van der Waals surface area contributed by atoms with E-state index in [1.54, 1.807) is 23.1 Å². The molecule has 0 saturated heterocycles. The van der Waals surface area contributed by atoms with Gasteiger partial charge in [0.2, 0.25) is 5.91 Å². The zero-order chi connectivity index (χ0) is 18.4. The lowest BCUT2D eigenvalue weighted by atomic mass is 10.1. The second kappa shape index (κ2) is 6.91. The van der Waals surface area contributed by atoms with E-state index in [1.807, 2.05) is 37.3 Å². The van der Waals surface area contributed by atoms with Crippen molar-refractivity contribution >= 4 is 39.2 Å². The number of carbonyl (C=O) groups excluding carboxylic acids is 1. The second-order valence-electron chi connectivity index (χ2n) is 7.30. The van der Waals surface area contributed by atoms with Crippen LogP contribution in [0, 0.1) is 6.92 Å². The van der Waals surface area contributed by atoms with Crippen LogP contribution in [0.1, 0.15) is 46.3 Å². The molecule has 1 aromatic carbocycles. The molecule has 2 aliphatic rings. The third kappa shape index (κ3) is 3.36. The molecule has 0 radical (unpaired) electrons. The first-order valence-corrected chi connectivity index (χ1v) is 11.2. The number of aromatic nitrogens is 2. The van der Waals surface area contributed by atoms with Crippen LogP contribution in [0.2, 0.25) is 0 Å². The van der Waals surface area contributed by atoms with Gasteiger partial charge in [0.05, 0.1) is 0 Å². The SMILES string of the molecule is Cc1nc(S[C@H](C(=O)NC2CC2)c2ccccc2)c2c3c(sc2n1)CCC3. The highest BCUT2D eigenvalue weighted by atomic mass is 32.2. The molecule has 138 valence electrons. The van der Waals surface area contributed by atoms with E-state index in [1.165, 1.54) is 22.2 Å². The number of rotatable bonds is 5. The Morgan fingerprint density at radius 2 is 2.04 bits per heavy atom. The van der Waals surface area contributed by atoms with Crippen molar-refractivity contribution in [1.82, 2.24) is 15.3 Å². The molecular weight excluding hydrogens is 374 g/mol. The van der Waals surface area contributed by atoms with E-state index in [-0.39, 0.29) is 11.2 Å². The van der Waals surface area contributed by atoms with Crippen molar-refractivity contribution in [3.63, 3.8) is 0 Å². The molecular formula is C21H21N3OS2. The van der Waals surface area contributed by atoms with Crippen LogP contribution in [0.25, 0.3) is 10.2 Å². The minimum atomic E-state index is -0.291. The molecule has 2 heterocycles. The minimum Gasteiger partial charge on any atom is -0.352 e. The smallest absolute Gasteiger partial charge is 0.238 e. The van der Waals surface area contributed by atoms with Crippen LogP contribution in [0.3, 0.4) is 0 Å². The number of thioether (sulfide) groups is 1. The van der Waals surface area contributed by atoms with Crippen molar-refractivity contribution in [3.05, 3.63) is 52.2 Å². The molecule has 1 amide bonds. The summed E-state index contributed by atoms with van der Waals surface area (Å²) >= 11 is 3.38. The molecule has 1 fully saturated rings. The molecule has 0 spiro atoms. The molecule has 1 saturated carbocycles. The zero-order valence-corrected chi connectivity index (χ0v) is 16.8. The summed E-state index contributed by atoms with van der Waals surface area (Å²) in [5.74, 6) is 0.865. The van der Waals surface area contributed by atoms with Gasteiger partial charge in [-0.05, 0) is 50.2 Å². The molecule has 0 unspecified atom stereocenters. The van der Waals surface area contributed by atoms with Crippen LogP contribution >= 0.6 is 23.1 Å². The lowest BCUT2D eigenvalue weighted by Gasteiger charge is -2.17. The summed E-state index contributed by atoms with van der Waals surface area (Å²) in [4.78, 5) is 25.0. The summed E-state index contributed by atoms with van der Waals surface area (Å²) in [5, 5.41) is 5.03. The van der Waals surface area contributed by atoms with Gasteiger partial charge in [0.25, 0.3) is 0 Å². The lowest BCUT2D eigenvalue weighted by molar-refractivity contribution is -0.120. The van der Waals surface area contributed by atoms with Gasteiger partial charge >= 0.3 is 0 Å². The first-order valence-electron chi connectivity index (χ1n) is 9.50. The maximum Gasteiger partial charge on any atom is 0.238 e. The summed E-state index contributed by atoms with van der Waals surface area (Å²) < 4.78 is 0. The molecule has 5 rings (SSSR count). The van der Waals surface area contributed by atoms with Crippen molar-refractivity contribution in [2.45, 2.75) is 55.3 Å². The second-order valence-corrected chi connectivity index (χ2v) is 9.48. The Balaban J connectivity index is 1.57. The molecule has 4 nitrogen and oxygen atoms in total. The monoisotopic (exact) mass is 395 g/mol. The molecule has 27 heavy (non-hydrogen) atoms. The van der Waals surface area contributed by atoms with Crippen LogP contribution in [0.4, 0.5) is 0 Å². The number of nitrogens with zero attached hydrogens (tertiary/aromatic N) is 2. The molecule has 1 atom stereocenters. The first kappa shape index (κ1) is 17.2. The van der Waals surface area contributed by atoms with Crippen LogP contribution in [-0.2, 0) is 17.6 Å². The van der Waals surface area contributed by atoms with Crippen LogP contribution in [-0.4, -0.2) is 21.9 Å². The van der Waals surface area contributed by atoms with E-state index in [2.05, 4.69) is 10.3 Å². The fourth-order valence-electron chi connectivity index (χ4n) is 3.67. The standard InChI is InChI=1S/C21H21N3OS2/c1-12-22-20-17(15-8-5-9-16(15)26-20)21(23-12)27-18(13-6-3-2-4-7-13)19(25)24-14-10-11-14/h2-4,6-7,14,18H,5,8-11H2,1H3,(H,24,25)/t18-/m0/s1. The fourth-order valence-corrected chi connectivity index (χ4v) is 6.25. The Morgan fingerprint density at radius 3 is 2.81 bits per heavy atom. The number of carbonyl (C=O) groups is 1. The van der Waals surface area contributed by atoms with Crippen LogP contribution < -0.4 is 5.32 Å². The largest absolute Gasteiger partial charge is 0.352 e. The highest BCUT2D eigenvalue weighted by Gasteiger charge is 2.31. The van der Waals surface area contributed by atoms with E-state index in [0.29, 0.717) is 6.04 Å². The Bertz CT molecular complexity index is 1010. The summed E-state index contributed by atoms with van der Waals surface area (Å²) in [6.07, 6.45) is 5.63. The molecule has 1 N–H and O–H groups in total. The predicted octanol–water partition coefficient (Wildman–Crippen LogP) is 4.60. The normalized spacial score (nSPS) is 17.1. The molecule has 6 heteroatoms. The fraction of sp³-hybridized carbons (Fsp3) is 0.381. The van der Waals surface area contributed by atoms with Gasteiger partial charge in [-0.1, -0.05) is 42.1 Å². The van der Waals surface area contributed by atoms with Crippen molar-refractivity contribution in [2.75, 3.05) is 0 Å². The van der Waals surface area contributed by atoms with Crippen molar-refractivity contribution < 1.29 is 4.79 Å². The lowest BCUT2D eigenvalue weighted by Crippen LogP contribution is -2.29. The molecule has 0 bridgehead atoms. The molecule has 0 aliphatic heterocycles. The van der Waals surface area contributed by atoms with E-state index in [4.69, 9.17) is 4.98 Å². The number of thiophene rings is 1. The number of hydrogen-bond acceptors (Lipinski definition) is 5. The van der Waals surface area contributed by atoms with Gasteiger partial charge in [-0.3, -0.25) is 4.79 Å². The van der Waals surface area contributed by atoms with Gasteiger partial charge in [-0.25, -0.2) is 9.97 Å². The number of nitrogens with one attached hydrogen (secondary N) is 1. The Labute approximate surface area is 166 Å². The van der Waals surface area contributed by atoms with Gasteiger partial charge in [0, 0.05) is 16.3 Å². The summed E-state index contributed by atoms with van der Waals surface area (Å²) in [7, 11) is 0. The summed E-state index contributed by atoms with van der Waals surface area (Å²) in [6.45, 7) is 1.94. The van der Waals surface area contributed by atoms with Crippen molar-refractivity contribution in [2.24, 2.45) is 0 Å².